The van der Waals surface area contributed by atoms with Crippen LogP contribution in [0.4, 0.5) is 17.1 Å². The molecule has 0 spiro atoms. The van der Waals surface area contributed by atoms with E-state index in [2.05, 4.69) is 26.2 Å². The van der Waals surface area contributed by atoms with Crippen LogP contribution in [0.3, 0.4) is 0 Å². The molecule has 2 aliphatic heterocycles. The van der Waals surface area contributed by atoms with Crippen LogP contribution < -0.4 is 10.2 Å². The maximum atomic E-state index is 13.6. The number of ether oxygens (including phenoxy) is 1. The van der Waals surface area contributed by atoms with Crippen LogP contribution in [-0.4, -0.2) is 68.2 Å². The summed E-state index contributed by atoms with van der Waals surface area (Å²) in [6.45, 7) is 2.68. The van der Waals surface area contributed by atoms with Crippen LogP contribution in [0.15, 0.2) is 52.0 Å². The minimum Gasteiger partial charge on any atom is -0.478 e. The number of sulfonamides is 1. The highest BCUT2D eigenvalue weighted by Crippen LogP contribution is 2.38. The van der Waals surface area contributed by atoms with Crippen molar-refractivity contribution < 1.29 is 23.1 Å². The molecule has 1 aromatic heterocycles. The van der Waals surface area contributed by atoms with Crippen LogP contribution in [0.1, 0.15) is 16.8 Å². The minimum absolute atomic E-state index is 0.00862. The molecule has 0 atom stereocenters. The molecule has 3 heterocycles. The first-order chi connectivity index (χ1) is 16.4. The molecule has 0 aliphatic carbocycles. The normalized spacial score (nSPS) is 16.9. The fourth-order valence-corrected chi connectivity index (χ4v) is 6.10. The Morgan fingerprint density at radius 3 is 2.56 bits per heavy atom. The van der Waals surface area contributed by atoms with Gasteiger partial charge in [0.2, 0.25) is 10.0 Å². The molecule has 0 bridgehead atoms. The van der Waals surface area contributed by atoms with E-state index >= 15 is 0 Å². The van der Waals surface area contributed by atoms with E-state index in [1.165, 1.54) is 10.5 Å². The molecule has 178 valence electrons. The molecule has 2 aromatic carbocycles. The number of pyridine rings is 1. The Labute approximate surface area is 205 Å². The summed E-state index contributed by atoms with van der Waals surface area (Å²) in [5, 5.41) is 13.8. The zero-order valence-corrected chi connectivity index (χ0v) is 20.6. The summed E-state index contributed by atoms with van der Waals surface area (Å²) < 4.78 is 34.7. The van der Waals surface area contributed by atoms with Crippen molar-refractivity contribution in [3.63, 3.8) is 0 Å². The van der Waals surface area contributed by atoms with Gasteiger partial charge in [0.15, 0.2) is 0 Å². The molecule has 5 rings (SSSR count). The van der Waals surface area contributed by atoms with E-state index in [4.69, 9.17) is 4.74 Å². The van der Waals surface area contributed by atoms with Gasteiger partial charge in [-0.1, -0.05) is 22.0 Å². The van der Waals surface area contributed by atoms with Gasteiger partial charge in [-0.2, -0.15) is 4.31 Å². The summed E-state index contributed by atoms with van der Waals surface area (Å²) in [4.78, 5) is 18.7. The SMILES string of the molecule is O=C(O)c1c(Nc2c(S(=O)(=O)N3CCOCC3)cnc3ccc(Br)cc23)cccc1N1CCC1. The number of benzene rings is 2. The van der Waals surface area contributed by atoms with Crippen LogP contribution in [0.5, 0.6) is 0 Å². The first-order valence-corrected chi connectivity index (χ1v) is 13.1. The van der Waals surface area contributed by atoms with Gasteiger partial charge < -0.3 is 20.1 Å². The number of anilines is 3. The molecule has 0 radical (unpaired) electrons. The highest BCUT2D eigenvalue weighted by molar-refractivity contribution is 9.10. The molecule has 9 nitrogen and oxygen atoms in total. The average Bonchev–Trinajstić information content (AvgIpc) is 2.78. The van der Waals surface area contributed by atoms with Crippen LogP contribution in [0.2, 0.25) is 0 Å². The molecule has 3 aromatic rings. The fourth-order valence-electron chi connectivity index (χ4n) is 4.22. The number of aromatic nitrogens is 1. The molecule has 34 heavy (non-hydrogen) atoms. The third-order valence-corrected chi connectivity index (χ3v) is 8.50. The maximum absolute atomic E-state index is 13.6. The molecule has 2 saturated heterocycles. The first-order valence-electron chi connectivity index (χ1n) is 10.9. The summed E-state index contributed by atoms with van der Waals surface area (Å²) in [7, 11) is -3.91. The largest absolute Gasteiger partial charge is 0.478 e. The highest BCUT2D eigenvalue weighted by atomic mass is 79.9. The molecule has 0 saturated carbocycles. The molecule has 0 unspecified atom stereocenters. The van der Waals surface area contributed by atoms with Crippen molar-refractivity contribution in [2.75, 3.05) is 49.6 Å². The molecule has 0 amide bonds. The second-order valence-electron chi connectivity index (χ2n) is 8.15. The van der Waals surface area contributed by atoms with Gasteiger partial charge in [0.25, 0.3) is 0 Å². The van der Waals surface area contributed by atoms with Crippen LogP contribution in [0.25, 0.3) is 10.9 Å². The van der Waals surface area contributed by atoms with Crippen molar-refractivity contribution in [2.45, 2.75) is 11.3 Å². The van der Waals surface area contributed by atoms with Crippen molar-refractivity contribution in [1.82, 2.24) is 9.29 Å². The number of carbonyl (C=O) groups is 1. The number of nitrogens with one attached hydrogen (secondary N) is 1. The van der Waals surface area contributed by atoms with Gasteiger partial charge >= 0.3 is 5.97 Å². The van der Waals surface area contributed by atoms with Crippen molar-refractivity contribution in [1.29, 1.82) is 0 Å². The number of aromatic carboxylic acids is 1. The Kier molecular flexibility index (Phi) is 6.19. The number of morpholine rings is 1. The predicted molar refractivity (Wildman–Crippen MR) is 133 cm³/mol. The van der Waals surface area contributed by atoms with Gasteiger partial charge in [-0.3, -0.25) is 4.98 Å². The summed E-state index contributed by atoms with van der Waals surface area (Å²) in [6.07, 6.45) is 2.34. The smallest absolute Gasteiger partial charge is 0.339 e. The summed E-state index contributed by atoms with van der Waals surface area (Å²) in [6, 6.07) is 10.6. The van der Waals surface area contributed by atoms with Gasteiger partial charge in [0, 0.05) is 42.2 Å². The molecule has 11 heteroatoms. The summed E-state index contributed by atoms with van der Waals surface area (Å²) >= 11 is 3.46. The Bertz CT molecular complexity index is 1370. The second-order valence-corrected chi connectivity index (χ2v) is 11.0. The monoisotopic (exact) mass is 546 g/mol. The van der Waals surface area contributed by atoms with Gasteiger partial charge in [0.05, 0.1) is 35.8 Å². The minimum atomic E-state index is -3.91. The number of carboxylic acids is 1. The van der Waals surface area contributed by atoms with Gasteiger partial charge in [-0.15, -0.1) is 0 Å². The third-order valence-electron chi connectivity index (χ3n) is 6.10. The molecule has 2 aliphatic rings. The van der Waals surface area contributed by atoms with E-state index in [9.17, 15) is 18.3 Å². The lowest BCUT2D eigenvalue weighted by Crippen LogP contribution is -2.40. The van der Waals surface area contributed by atoms with E-state index in [1.54, 1.807) is 30.3 Å². The zero-order valence-electron chi connectivity index (χ0n) is 18.2. The number of rotatable bonds is 6. The predicted octanol–water partition coefficient (Wildman–Crippen LogP) is 3.67. The van der Waals surface area contributed by atoms with Crippen molar-refractivity contribution >= 4 is 59.9 Å². The van der Waals surface area contributed by atoms with Crippen molar-refractivity contribution in [3.05, 3.63) is 52.6 Å². The fraction of sp³-hybridized carbons (Fsp3) is 0.304. The quantitative estimate of drug-likeness (QED) is 0.481. The average molecular weight is 547 g/mol. The van der Waals surface area contributed by atoms with Gasteiger partial charge in [0.1, 0.15) is 10.5 Å². The van der Waals surface area contributed by atoms with Crippen LogP contribution >= 0.6 is 15.9 Å². The molecular formula is C23H23BrN4O5S. The molecular weight excluding hydrogens is 524 g/mol. The summed E-state index contributed by atoms with van der Waals surface area (Å²) in [5.41, 5.74) is 1.92. The number of halogens is 1. The van der Waals surface area contributed by atoms with Gasteiger partial charge in [-0.05, 0) is 36.8 Å². The molecule has 2 N–H and O–H groups in total. The number of hydrogen-bond acceptors (Lipinski definition) is 7. The van der Waals surface area contributed by atoms with Crippen LogP contribution in [-0.2, 0) is 14.8 Å². The lowest BCUT2D eigenvalue weighted by molar-refractivity contribution is 0.0698. The lowest BCUT2D eigenvalue weighted by Gasteiger charge is -2.34. The van der Waals surface area contributed by atoms with E-state index in [0.29, 0.717) is 41.2 Å². The number of hydrogen-bond donors (Lipinski definition) is 2. The molecule has 2 fully saturated rings. The third kappa shape index (κ3) is 4.13. The Morgan fingerprint density at radius 1 is 1.12 bits per heavy atom. The first kappa shape index (κ1) is 23.0. The Balaban J connectivity index is 1.69. The summed E-state index contributed by atoms with van der Waals surface area (Å²) in [5.74, 6) is -1.08. The second kappa shape index (κ2) is 9.14. The van der Waals surface area contributed by atoms with Crippen LogP contribution in [0, 0.1) is 0 Å². The van der Waals surface area contributed by atoms with Crippen molar-refractivity contribution in [2.24, 2.45) is 0 Å². The number of fused-ring (bicyclic) bond motifs is 1. The Morgan fingerprint density at radius 2 is 1.88 bits per heavy atom. The standard InChI is InChI=1S/C23H23BrN4O5S/c24-15-5-6-17-16(13-15)22(20(14-25-17)34(31,32)28-9-11-33-12-10-28)26-18-3-1-4-19(21(18)23(29)30)27-7-2-8-27/h1,3-6,13-14H,2,7-12H2,(H,25,26)(H,29,30). The Hall–Kier alpha value is -2.73. The number of carboxylic acid groups (broad SMARTS) is 1. The zero-order chi connectivity index (χ0) is 23.9. The maximum Gasteiger partial charge on any atom is 0.339 e. The highest BCUT2D eigenvalue weighted by Gasteiger charge is 2.31. The lowest BCUT2D eigenvalue weighted by atomic mass is 10.1. The van der Waals surface area contributed by atoms with Crippen molar-refractivity contribution in [3.8, 4) is 0 Å². The van der Waals surface area contributed by atoms with E-state index in [1.807, 2.05) is 11.0 Å². The van der Waals surface area contributed by atoms with Gasteiger partial charge in [-0.25, -0.2) is 13.2 Å². The number of nitrogens with zero attached hydrogens (tertiary/aromatic N) is 3. The van der Waals surface area contributed by atoms with E-state index in [0.717, 1.165) is 24.0 Å². The van der Waals surface area contributed by atoms with E-state index < -0.39 is 16.0 Å². The van der Waals surface area contributed by atoms with E-state index in [-0.39, 0.29) is 23.5 Å². The topological polar surface area (TPSA) is 112 Å².